The maximum atomic E-state index is 13.4. The molecule has 2 amide bonds. The molecule has 2 aromatic carbocycles. The van der Waals surface area contributed by atoms with Crippen LogP contribution in [0.2, 0.25) is 0 Å². The number of piperidine rings is 1. The lowest BCUT2D eigenvalue weighted by Gasteiger charge is -2.38. The summed E-state index contributed by atoms with van der Waals surface area (Å²) in [6, 6.07) is 17.4. The van der Waals surface area contributed by atoms with E-state index in [1.165, 1.54) is 0 Å². The van der Waals surface area contributed by atoms with Gasteiger partial charge in [0.05, 0.1) is 0 Å². The Kier molecular flexibility index (Phi) is 7.91. The molecule has 6 nitrogen and oxygen atoms in total. The van der Waals surface area contributed by atoms with Gasteiger partial charge in [0.15, 0.2) is 0 Å². The molecule has 3 rings (SSSR count). The van der Waals surface area contributed by atoms with Crippen LogP contribution in [0.4, 0.5) is 10.5 Å². The van der Waals surface area contributed by atoms with Gasteiger partial charge in [-0.25, -0.2) is 4.79 Å². The molecule has 1 aliphatic rings. The van der Waals surface area contributed by atoms with Gasteiger partial charge in [-0.15, -0.1) is 0 Å². The van der Waals surface area contributed by atoms with Crippen molar-refractivity contribution in [2.24, 2.45) is 5.92 Å². The van der Waals surface area contributed by atoms with Crippen molar-refractivity contribution in [3.8, 4) is 0 Å². The number of anilines is 1. The first-order valence-corrected chi connectivity index (χ1v) is 11.3. The SMILES string of the molecule is Cc1ccc(NC(=O)C(c2ccccc2)N2CCCC(CNC(=O)OC(C)(C)C)C2)cc1. The molecule has 2 aromatic rings. The summed E-state index contributed by atoms with van der Waals surface area (Å²) in [4.78, 5) is 27.7. The molecule has 1 saturated heterocycles. The summed E-state index contributed by atoms with van der Waals surface area (Å²) < 4.78 is 5.36. The van der Waals surface area contributed by atoms with Crippen LogP contribution in [0.3, 0.4) is 0 Å². The van der Waals surface area contributed by atoms with Crippen molar-refractivity contribution >= 4 is 17.7 Å². The van der Waals surface area contributed by atoms with Crippen molar-refractivity contribution in [1.82, 2.24) is 10.2 Å². The minimum absolute atomic E-state index is 0.0409. The highest BCUT2D eigenvalue weighted by atomic mass is 16.6. The average Bonchev–Trinajstić information content (AvgIpc) is 2.74. The molecule has 0 saturated carbocycles. The number of hydrogen-bond acceptors (Lipinski definition) is 4. The first-order chi connectivity index (χ1) is 15.2. The molecule has 1 fully saturated rings. The zero-order valence-electron chi connectivity index (χ0n) is 19.6. The molecule has 0 bridgehead atoms. The van der Waals surface area contributed by atoms with Crippen LogP contribution < -0.4 is 10.6 Å². The zero-order valence-corrected chi connectivity index (χ0v) is 19.6. The number of nitrogens with zero attached hydrogens (tertiary/aromatic N) is 1. The van der Waals surface area contributed by atoms with E-state index < -0.39 is 11.7 Å². The number of amides is 2. The third-order valence-electron chi connectivity index (χ3n) is 5.53. The second-order valence-corrected chi connectivity index (χ2v) is 9.55. The van der Waals surface area contributed by atoms with E-state index in [1.54, 1.807) is 0 Å². The van der Waals surface area contributed by atoms with E-state index in [4.69, 9.17) is 4.74 Å². The van der Waals surface area contributed by atoms with Crippen LogP contribution in [0, 0.1) is 12.8 Å². The van der Waals surface area contributed by atoms with Crippen molar-refractivity contribution < 1.29 is 14.3 Å². The molecular formula is C26H35N3O3. The molecule has 2 atom stereocenters. The summed E-state index contributed by atoms with van der Waals surface area (Å²) in [6.45, 7) is 9.69. The first-order valence-electron chi connectivity index (χ1n) is 11.3. The normalized spacial score (nSPS) is 17.9. The minimum Gasteiger partial charge on any atom is -0.444 e. The Morgan fingerprint density at radius 1 is 1.09 bits per heavy atom. The van der Waals surface area contributed by atoms with Crippen LogP contribution in [0.1, 0.15) is 50.8 Å². The van der Waals surface area contributed by atoms with Crippen LogP contribution in [0.15, 0.2) is 54.6 Å². The van der Waals surface area contributed by atoms with Crippen molar-refractivity contribution in [3.05, 3.63) is 65.7 Å². The van der Waals surface area contributed by atoms with Crippen molar-refractivity contribution in [1.29, 1.82) is 0 Å². The molecule has 2 unspecified atom stereocenters. The van der Waals surface area contributed by atoms with Gasteiger partial charge in [-0.1, -0.05) is 48.0 Å². The quantitative estimate of drug-likeness (QED) is 0.674. The third kappa shape index (κ3) is 7.09. The second kappa shape index (κ2) is 10.6. The van der Waals surface area contributed by atoms with Gasteiger partial charge >= 0.3 is 6.09 Å². The van der Waals surface area contributed by atoms with Gasteiger partial charge in [-0.3, -0.25) is 9.69 Å². The molecule has 2 N–H and O–H groups in total. The van der Waals surface area contributed by atoms with Crippen LogP contribution in [0.5, 0.6) is 0 Å². The Bertz CT molecular complexity index is 891. The lowest BCUT2D eigenvalue weighted by molar-refractivity contribution is -0.122. The minimum atomic E-state index is -0.519. The summed E-state index contributed by atoms with van der Waals surface area (Å²) in [7, 11) is 0. The van der Waals surface area contributed by atoms with E-state index in [0.717, 1.165) is 42.7 Å². The topological polar surface area (TPSA) is 70.7 Å². The highest BCUT2D eigenvalue weighted by Crippen LogP contribution is 2.28. The fourth-order valence-electron chi connectivity index (χ4n) is 4.05. The van der Waals surface area contributed by atoms with Crippen molar-refractivity contribution in [2.45, 2.75) is 52.2 Å². The summed E-state index contributed by atoms with van der Waals surface area (Å²) in [5, 5.41) is 5.98. The van der Waals surface area contributed by atoms with E-state index in [-0.39, 0.29) is 17.9 Å². The monoisotopic (exact) mass is 437 g/mol. The summed E-state index contributed by atoms with van der Waals surface area (Å²) in [5.41, 5.74) is 2.40. The van der Waals surface area contributed by atoms with Gasteiger partial charge in [0.2, 0.25) is 5.91 Å². The number of carbonyl (C=O) groups is 2. The van der Waals surface area contributed by atoms with Crippen LogP contribution in [-0.4, -0.2) is 42.1 Å². The molecule has 32 heavy (non-hydrogen) atoms. The lowest BCUT2D eigenvalue weighted by Crippen LogP contribution is -2.46. The van der Waals surface area contributed by atoms with Gasteiger partial charge < -0.3 is 15.4 Å². The molecule has 0 aromatic heterocycles. The van der Waals surface area contributed by atoms with Gasteiger partial charge in [0.25, 0.3) is 0 Å². The van der Waals surface area contributed by atoms with E-state index in [9.17, 15) is 9.59 Å². The number of likely N-dealkylation sites (tertiary alicyclic amines) is 1. The molecule has 1 aliphatic heterocycles. The highest BCUT2D eigenvalue weighted by Gasteiger charge is 2.32. The fourth-order valence-corrected chi connectivity index (χ4v) is 4.05. The number of benzene rings is 2. The van der Waals surface area contributed by atoms with Crippen LogP contribution in [0.25, 0.3) is 0 Å². The largest absolute Gasteiger partial charge is 0.444 e. The predicted octanol–water partition coefficient (Wildman–Crippen LogP) is 4.91. The molecule has 0 aliphatic carbocycles. The molecular weight excluding hydrogens is 402 g/mol. The molecule has 172 valence electrons. The average molecular weight is 438 g/mol. The summed E-state index contributed by atoms with van der Waals surface area (Å²) >= 11 is 0. The Hall–Kier alpha value is -2.86. The Balaban J connectivity index is 1.69. The van der Waals surface area contributed by atoms with Crippen molar-refractivity contribution in [3.63, 3.8) is 0 Å². The van der Waals surface area contributed by atoms with E-state index in [1.807, 2.05) is 82.3 Å². The maximum absolute atomic E-state index is 13.4. The third-order valence-corrected chi connectivity index (χ3v) is 5.53. The number of ether oxygens (including phenoxy) is 1. The van der Waals surface area contributed by atoms with Crippen LogP contribution >= 0.6 is 0 Å². The molecule has 6 heteroatoms. The van der Waals surface area contributed by atoms with Gasteiger partial charge in [-0.05, 0) is 70.7 Å². The Morgan fingerprint density at radius 3 is 2.44 bits per heavy atom. The number of rotatable bonds is 6. The number of carbonyl (C=O) groups excluding carboxylic acids is 2. The number of aryl methyl sites for hydroxylation is 1. The predicted molar refractivity (Wildman–Crippen MR) is 128 cm³/mol. The summed E-state index contributed by atoms with van der Waals surface area (Å²) in [5.74, 6) is 0.218. The summed E-state index contributed by atoms with van der Waals surface area (Å²) in [6.07, 6.45) is 1.58. The van der Waals surface area contributed by atoms with E-state index in [2.05, 4.69) is 15.5 Å². The number of hydrogen-bond donors (Lipinski definition) is 2. The number of nitrogens with one attached hydrogen (secondary N) is 2. The van der Waals surface area contributed by atoms with Gasteiger partial charge in [0.1, 0.15) is 11.6 Å². The molecule has 0 radical (unpaired) electrons. The first kappa shape index (κ1) is 23.8. The van der Waals surface area contributed by atoms with Gasteiger partial charge in [0, 0.05) is 18.8 Å². The van der Waals surface area contributed by atoms with E-state index >= 15 is 0 Å². The Morgan fingerprint density at radius 2 is 1.78 bits per heavy atom. The zero-order chi connectivity index (χ0) is 23.1. The molecule has 1 heterocycles. The fraction of sp³-hybridized carbons (Fsp3) is 0.462. The number of alkyl carbamates (subject to hydrolysis) is 1. The van der Waals surface area contributed by atoms with Gasteiger partial charge in [-0.2, -0.15) is 0 Å². The standard InChI is InChI=1S/C26H35N3O3/c1-19-12-14-22(15-13-19)28-24(30)23(21-10-6-5-7-11-21)29-16-8-9-20(18-29)17-27-25(31)32-26(2,3)4/h5-7,10-15,20,23H,8-9,16-18H2,1-4H3,(H,27,31)(H,28,30). The lowest BCUT2D eigenvalue weighted by atomic mass is 9.94. The smallest absolute Gasteiger partial charge is 0.407 e. The maximum Gasteiger partial charge on any atom is 0.407 e. The van der Waals surface area contributed by atoms with E-state index in [0.29, 0.717) is 6.54 Å². The molecule has 0 spiro atoms. The Labute approximate surface area is 191 Å². The second-order valence-electron chi connectivity index (χ2n) is 9.55. The highest BCUT2D eigenvalue weighted by molar-refractivity contribution is 5.95. The van der Waals surface area contributed by atoms with Crippen LogP contribution in [-0.2, 0) is 9.53 Å². The van der Waals surface area contributed by atoms with Crippen molar-refractivity contribution in [2.75, 3.05) is 25.0 Å².